The molecule has 0 saturated carbocycles. The number of hydrogen-bond donors (Lipinski definition) is 2. The number of nitrogens with two attached hydrogens (primary N) is 1. The van der Waals surface area contributed by atoms with Crippen molar-refractivity contribution >= 4 is 83.2 Å². The largest absolute Gasteiger partial charge is 0.385 e. The van der Waals surface area contributed by atoms with Crippen LogP contribution in [0.4, 0.5) is 5.82 Å². The molecule has 0 amide bonds. The summed E-state index contributed by atoms with van der Waals surface area (Å²) in [6.45, 7) is 0. The van der Waals surface area contributed by atoms with Crippen molar-refractivity contribution in [2.75, 3.05) is 5.73 Å². The smallest absolute Gasteiger partial charge is 0.199 e. The zero-order valence-corrected chi connectivity index (χ0v) is 20.6. The van der Waals surface area contributed by atoms with Gasteiger partial charge in [0.2, 0.25) is 0 Å². The predicted octanol–water partition coefficient (Wildman–Crippen LogP) is 7.58. The normalized spacial score (nSPS) is 18.7. The molecule has 0 radical (unpaired) electrons. The van der Waals surface area contributed by atoms with E-state index < -0.39 is 0 Å². The zero-order chi connectivity index (χ0) is 20.1. The highest BCUT2D eigenvalue weighted by Gasteiger charge is 2.34. The number of thioether (sulfide) groups is 1. The van der Waals surface area contributed by atoms with Gasteiger partial charge in [0.25, 0.3) is 0 Å². The molecule has 0 fully saturated rings. The fourth-order valence-electron chi connectivity index (χ4n) is 3.74. The molecule has 8 heteroatoms. The van der Waals surface area contributed by atoms with Crippen molar-refractivity contribution in [3.63, 3.8) is 0 Å². The van der Waals surface area contributed by atoms with E-state index in [1.54, 1.807) is 11.3 Å². The van der Waals surface area contributed by atoms with Gasteiger partial charge in [-0.2, -0.15) is 0 Å². The third kappa shape index (κ3) is 3.70. The van der Waals surface area contributed by atoms with Gasteiger partial charge in [0.05, 0.1) is 10.6 Å². The predicted molar refractivity (Wildman–Crippen MR) is 133 cm³/mol. The standard InChI is InChI=1S/C21H15Br2N3S3/c22-12-5-1-10(2-6-12)15-9-14-16-19(24)25-21(27)26-20(16)29-18(14)17(28-15)11-3-7-13(23)8-4-11/h1-8,15,17H,9H2,(H3,24,25,26,27)/t15-,17+/m0/s1. The van der Waals surface area contributed by atoms with Crippen LogP contribution >= 0.6 is 67.2 Å². The SMILES string of the molecule is Nc1[nH]c(=S)nc2sc3c(c12)C[C@@H](c1ccc(Br)cc1)S[C@@H]3c1ccc(Br)cc1. The highest BCUT2D eigenvalue weighted by Crippen LogP contribution is 2.55. The van der Waals surface area contributed by atoms with Gasteiger partial charge in [-0.15, -0.1) is 23.1 Å². The molecule has 0 aliphatic carbocycles. The highest BCUT2D eigenvalue weighted by molar-refractivity contribution is 9.10. The number of anilines is 1. The Morgan fingerprint density at radius 2 is 1.62 bits per heavy atom. The third-order valence-electron chi connectivity index (χ3n) is 5.08. The first-order chi connectivity index (χ1) is 14.0. The molecule has 2 aromatic carbocycles. The molecule has 1 aliphatic heterocycles. The molecule has 3 N–H and O–H groups in total. The molecular weight excluding hydrogens is 550 g/mol. The van der Waals surface area contributed by atoms with Gasteiger partial charge in [-0.05, 0) is 59.6 Å². The van der Waals surface area contributed by atoms with Gasteiger partial charge in [-0.1, -0.05) is 56.1 Å². The summed E-state index contributed by atoms with van der Waals surface area (Å²) in [5.74, 6) is 0.619. The maximum Gasteiger partial charge on any atom is 0.199 e. The molecular formula is C21H15Br2N3S3. The van der Waals surface area contributed by atoms with Crippen LogP contribution in [0.2, 0.25) is 0 Å². The van der Waals surface area contributed by atoms with Gasteiger partial charge in [0.15, 0.2) is 4.77 Å². The van der Waals surface area contributed by atoms with Crippen molar-refractivity contribution in [1.82, 2.24) is 9.97 Å². The molecule has 2 aromatic heterocycles. The molecule has 0 unspecified atom stereocenters. The Kier molecular flexibility index (Phi) is 5.32. The van der Waals surface area contributed by atoms with E-state index in [0.29, 0.717) is 15.8 Å². The molecule has 5 rings (SSSR count). The van der Waals surface area contributed by atoms with Crippen LogP contribution < -0.4 is 5.73 Å². The van der Waals surface area contributed by atoms with E-state index in [-0.39, 0.29) is 5.25 Å². The summed E-state index contributed by atoms with van der Waals surface area (Å²) in [5, 5.41) is 1.60. The number of nitrogen functional groups attached to an aromatic ring is 1. The number of benzene rings is 2. The molecule has 3 heterocycles. The minimum atomic E-state index is 0.229. The Labute approximate surface area is 198 Å². The van der Waals surface area contributed by atoms with E-state index in [4.69, 9.17) is 18.0 Å². The summed E-state index contributed by atoms with van der Waals surface area (Å²) in [7, 11) is 0. The van der Waals surface area contributed by atoms with Crippen molar-refractivity contribution < 1.29 is 0 Å². The van der Waals surface area contributed by atoms with Crippen LogP contribution in [0.25, 0.3) is 10.2 Å². The van der Waals surface area contributed by atoms with Gasteiger partial charge in [-0.3, -0.25) is 0 Å². The van der Waals surface area contributed by atoms with Crippen LogP contribution in [0.1, 0.15) is 32.1 Å². The summed E-state index contributed by atoms with van der Waals surface area (Å²) >= 11 is 16.1. The number of aromatic nitrogens is 2. The van der Waals surface area contributed by atoms with Gasteiger partial charge >= 0.3 is 0 Å². The number of fused-ring (bicyclic) bond motifs is 3. The second kappa shape index (κ2) is 7.81. The van der Waals surface area contributed by atoms with Crippen molar-refractivity contribution in [3.05, 3.63) is 83.8 Å². The number of halogens is 2. The average molecular weight is 565 g/mol. The molecule has 0 bridgehead atoms. The molecule has 0 spiro atoms. The first-order valence-corrected chi connectivity index (χ1v) is 12.7. The number of nitrogens with zero attached hydrogens (tertiary/aromatic N) is 1. The number of aromatic amines is 1. The molecule has 1 aliphatic rings. The molecule has 146 valence electrons. The molecule has 0 saturated heterocycles. The van der Waals surface area contributed by atoms with E-state index in [0.717, 1.165) is 25.6 Å². The Hall–Kier alpha value is -1.19. The summed E-state index contributed by atoms with van der Waals surface area (Å²) in [4.78, 5) is 9.86. The van der Waals surface area contributed by atoms with Crippen LogP contribution in [0.15, 0.2) is 57.5 Å². The third-order valence-corrected chi connectivity index (χ3v) is 9.21. The second-order valence-corrected chi connectivity index (χ2v) is 11.5. The van der Waals surface area contributed by atoms with E-state index in [9.17, 15) is 0 Å². The Balaban J connectivity index is 1.70. The Bertz CT molecular complexity index is 1260. The topological polar surface area (TPSA) is 54.7 Å². The summed E-state index contributed by atoms with van der Waals surface area (Å²) in [6, 6.07) is 17.2. The second-order valence-electron chi connectivity index (χ2n) is 6.89. The minimum Gasteiger partial charge on any atom is -0.385 e. The highest BCUT2D eigenvalue weighted by atomic mass is 79.9. The number of hydrogen-bond acceptors (Lipinski definition) is 5. The lowest BCUT2D eigenvalue weighted by Gasteiger charge is -2.30. The lowest BCUT2D eigenvalue weighted by atomic mass is 9.98. The minimum absolute atomic E-state index is 0.229. The maximum atomic E-state index is 6.36. The van der Waals surface area contributed by atoms with Crippen LogP contribution in [0.3, 0.4) is 0 Å². The van der Waals surface area contributed by atoms with Crippen LogP contribution in [0, 0.1) is 4.77 Å². The zero-order valence-electron chi connectivity index (χ0n) is 15.0. The first-order valence-electron chi connectivity index (χ1n) is 8.97. The number of thiophene rings is 1. The van der Waals surface area contributed by atoms with Crippen LogP contribution in [-0.2, 0) is 6.42 Å². The van der Waals surface area contributed by atoms with Crippen molar-refractivity contribution in [2.45, 2.75) is 16.9 Å². The quantitative estimate of drug-likeness (QED) is 0.246. The van der Waals surface area contributed by atoms with Gasteiger partial charge in [0, 0.05) is 19.1 Å². The molecule has 4 aromatic rings. The lowest BCUT2D eigenvalue weighted by Crippen LogP contribution is -2.12. The lowest BCUT2D eigenvalue weighted by molar-refractivity contribution is 0.894. The monoisotopic (exact) mass is 563 g/mol. The average Bonchev–Trinajstić information content (AvgIpc) is 3.07. The van der Waals surface area contributed by atoms with Crippen LogP contribution in [-0.4, -0.2) is 9.97 Å². The summed E-state index contributed by atoms with van der Waals surface area (Å²) in [5.41, 5.74) is 10.3. The van der Waals surface area contributed by atoms with E-state index in [1.807, 2.05) is 11.8 Å². The van der Waals surface area contributed by atoms with Crippen molar-refractivity contribution in [2.24, 2.45) is 0 Å². The molecule has 2 atom stereocenters. The summed E-state index contributed by atoms with van der Waals surface area (Å²) in [6.07, 6.45) is 0.922. The molecule has 3 nitrogen and oxygen atoms in total. The maximum absolute atomic E-state index is 6.36. The van der Waals surface area contributed by atoms with Crippen molar-refractivity contribution in [1.29, 1.82) is 0 Å². The fraction of sp³-hybridized carbons (Fsp3) is 0.143. The van der Waals surface area contributed by atoms with Crippen LogP contribution in [0.5, 0.6) is 0 Å². The van der Waals surface area contributed by atoms with Crippen molar-refractivity contribution in [3.8, 4) is 0 Å². The van der Waals surface area contributed by atoms with E-state index >= 15 is 0 Å². The van der Waals surface area contributed by atoms with E-state index in [2.05, 4.69) is 90.4 Å². The Morgan fingerprint density at radius 1 is 1.00 bits per heavy atom. The number of H-pyrrole nitrogens is 1. The number of rotatable bonds is 2. The van der Waals surface area contributed by atoms with E-state index in [1.165, 1.54) is 21.6 Å². The number of nitrogens with one attached hydrogen (secondary N) is 1. The first kappa shape index (κ1) is 19.8. The fourth-order valence-corrected chi connectivity index (χ4v) is 7.56. The molecule has 29 heavy (non-hydrogen) atoms. The Morgan fingerprint density at radius 3 is 2.28 bits per heavy atom. The van der Waals surface area contributed by atoms with Gasteiger partial charge in [0.1, 0.15) is 10.6 Å². The van der Waals surface area contributed by atoms with Gasteiger partial charge < -0.3 is 10.7 Å². The van der Waals surface area contributed by atoms with Gasteiger partial charge in [-0.25, -0.2) is 4.98 Å². The summed E-state index contributed by atoms with van der Waals surface area (Å²) < 4.78 is 2.61.